The molecule has 0 radical (unpaired) electrons. The summed E-state index contributed by atoms with van der Waals surface area (Å²) in [4.78, 5) is 0. The molecular weight excluding hydrogens is 268 g/mol. The third-order valence-electron chi connectivity index (χ3n) is 4.07. The molecule has 0 amide bonds. The van der Waals surface area contributed by atoms with Gasteiger partial charge in [0.15, 0.2) is 0 Å². The van der Waals surface area contributed by atoms with Gasteiger partial charge in [0, 0.05) is 22.8 Å². The highest BCUT2D eigenvalue weighted by atomic mass is 35.5. The molecule has 0 saturated carbocycles. The second-order valence-corrected chi connectivity index (χ2v) is 5.93. The Bertz CT molecular complexity index is 607. The Labute approximate surface area is 125 Å². The summed E-state index contributed by atoms with van der Waals surface area (Å²) in [6.07, 6.45) is 2.24. The van der Waals surface area contributed by atoms with Crippen LogP contribution >= 0.6 is 11.6 Å². The molecule has 0 fully saturated rings. The maximum atomic E-state index is 5.94. The normalized spacial score (nSPS) is 18.8. The molecular formula is C17H19ClN2. The zero-order chi connectivity index (χ0) is 14.1. The minimum absolute atomic E-state index is 0.306. The number of anilines is 1. The zero-order valence-electron chi connectivity index (χ0n) is 11.6. The number of halogens is 1. The van der Waals surface area contributed by atoms with Crippen LogP contribution in [0.5, 0.6) is 0 Å². The molecule has 2 atom stereocenters. The van der Waals surface area contributed by atoms with Crippen molar-refractivity contribution in [3.05, 3.63) is 64.2 Å². The molecule has 3 heteroatoms. The predicted molar refractivity (Wildman–Crippen MR) is 84.9 cm³/mol. The molecule has 3 rings (SSSR count). The highest BCUT2D eigenvalue weighted by molar-refractivity contribution is 6.30. The molecule has 2 aromatic rings. The van der Waals surface area contributed by atoms with Crippen molar-refractivity contribution in [1.82, 2.24) is 5.32 Å². The van der Waals surface area contributed by atoms with Crippen molar-refractivity contribution in [3.8, 4) is 0 Å². The molecule has 0 bridgehead atoms. The van der Waals surface area contributed by atoms with Gasteiger partial charge in [0.25, 0.3) is 0 Å². The zero-order valence-corrected chi connectivity index (χ0v) is 12.3. The van der Waals surface area contributed by atoms with Crippen LogP contribution in [0.25, 0.3) is 0 Å². The number of benzene rings is 2. The van der Waals surface area contributed by atoms with E-state index in [0.29, 0.717) is 12.1 Å². The third-order valence-corrected chi connectivity index (χ3v) is 4.32. The van der Waals surface area contributed by atoms with Crippen LogP contribution in [0.4, 0.5) is 5.69 Å². The number of fused-ring (bicyclic) bond motifs is 1. The number of nitrogen functional groups attached to an aromatic ring is 1. The fourth-order valence-electron chi connectivity index (χ4n) is 2.96. The Balaban J connectivity index is 1.75. The number of aryl methyl sites for hydroxylation is 1. The lowest BCUT2D eigenvalue weighted by atomic mass is 10.0. The summed E-state index contributed by atoms with van der Waals surface area (Å²) in [5, 5.41) is 4.49. The third kappa shape index (κ3) is 2.67. The molecule has 1 aliphatic carbocycles. The van der Waals surface area contributed by atoms with E-state index in [1.165, 1.54) is 16.7 Å². The minimum Gasteiger partial charge on any atom is -0.399 e. The molecule has 0 aromatic heterocycles. The minimum atomic E-state index is 0.306. The van der Waals surface area contributed by atoms with E-state index in [2.05, 4.69) is 36.5 Å². The van der Waals surface area contributed by atoms with E-state index in [1.54, 1.807) is 0 Å². The Morgan fingerprint density at radius 1 is 1.20 bits per heavy atom. The lowest BCUT2D eigenvalue weighted by Crippen LogP contribution is -2.22. The molecule has 20 heavy (non-hydrogen) atoms. The average molecular weight is 287 g/mol. The van der Waals surface area contributed by atoms with Crippen LogP contribution in [0.2, 0.25) is 5.02 Å². The van der Waals surface area contributed by atoms with Gasteiger partial charge in [-0.2, -0.15) is 0 Å². The van der Waals surface area contributed by atoms with E-state index in [-0.39, 0.29) is 0 Å². The Morgan fingerprint density at radius 2 is 1.95 bits per heavy atom. The van der Waals surface area contributed by atoms with Gasteiger partial charge in [-0.05, 0) is 60.7 Å². The second-order valence-electron chi connectivity index (χ2n) is 5.49. The van der Waals surface area contributed by atoms with Gasteiger partial charge in [0.05, 0.1) is 0 Å². The van der Waals surface area contributed by atoms with Crippen LogP contribution in [-0.4, -0.2) is 0 Å². The van der Waals surface area contributed by atoms with E-state index < -0.39 is 0 Å². The summed E-state index contributed by atoms with van der Waals surface area (Å²) in [7, 11) is 0. The van der Waals surface area contributed by atoms with Crippen molar-refractivity contribution in [3.63, 3.8) is 0 Å². The van der Waals surface area contributed by atoms with E-state index in [4.69, 9.17) is 17.3 Å². The molecule has 2 aromatic carbocycles. The Hall–Kier alpha value is -1.51. The van der Waals surface area contributed by atoms with E-state index in [0.717, 1.165) is 23.6 Å². The van der Waals surface area contributed by atoms with Gasteiger partial charge in [-0.1, -0.05) is 29.8 Å². The molecule has 1 aliphatic rings. The first-order valence-electron chi connectivity index (χ1n) is 7.03. The smallest absolute Gasteiger partial charge is 0.0406 e. The van der Waals surface area contributed by atoms with Gasteiger partial charge < -0.3 is 11.1 Å². The SMILES string of the molecule is C[C@@H](NC1CCc2cc(N)ccc21)c1ccc(Cl)cc1. The van der Waals surface area contributed by atoms with Crippen molar-refractivity contribution in [1.29, 1.82) is 0 Å². The standard InChI is InChI=1S/C17H19ClN2/c1-11(12-2-5-14(18)6-3-12)20-17-9-4-13-10-15(19)7-8-16(13)17/h2-3,5-8,10-11,17,20H,4,9,19H2,1H3/t11-,17?/m1/s1. The monoisotopic (exact) mass is 286 g/mol. The van der Waals surface area contributed by atoms with Crippen LogP contribution in [0.1, 0.15) is 42.1 Å². The molecule has 0 heterocycles. The maximum Gasteiger partial charge on any atom is 0.0406 e. The summed E-state index contributed by atoms with van der Waals surface area (Å²) in [6.45, 7) is 2.19. The summed E-state index contributed by atoms with van der Waals surface area (Å²) < 4.78 is 0. The molecule has 0 spiro atoms. The largest absolute Gasteiger partial charge is 0.399 e. The molecule has 0 aliphatic heterocycles. The molecule has 2 nitrogen and oxygen atoms in total. The van der Waals surface area contributed by atoms with Crippen LogP contribution in [0.3, 0.4) is 0 Å². The van der Waals surface area contributed by atoms with Crippen LogP contribution in [-0.2, 0) is 6.42 Å². The van der Waals surface area contributed by atoms with Gasteiger partial charge >= 0.3 is 0 Å². The highest BCUT2D eigenvalue weighted by Gasteiger charge is 2.23. The Morgan fingerprint density at radius 3 is 2.70 bits per heavy atom. The molecule has 0 saturated heterocycles. The van der Waals surface area contributed by atoms with Gasteiger partial charge in [-0.3, -0.25) is 0 Å². The summed E-state index contributed by atoms with van der Waals surface area (Å²) in [5.41, 5.74) is 10.7. The topological polar surface area (TPSA) is 38.0 Å². The number of nitrogens with two attached hydrogens (primary N) is 1. The highest BCUT2D eigenvalue weighted by Crippen LogP contribution is 2.34. The fourth-order valence-corrected chi connectivity index (χ4v) is 3.09. The number of nitrogens with one attached hydrogen (secondary N) is 1. The molecule has 1 unspecified atom stereocenters. The van der Waals surface area contributed by atoms with Crippen LogP contribution in [0, 0.1) is 0 Å². The molecule has 104 valence electrons. The van der Waals surface area contributed by atoms with Crippen LogP contribution < -0.4 is 11.1 Å². The van der Waals surface area contributed by atoms with E-state index >= 15 is 0 Å². The average Bonchev–Trinajstić information content (AvgIpc) is 2.81. The predicted octanol–water partition coefficient (Wildman–Crippen LogP) is 4.26. The van der Waals surface area contributed by atoms with Gasteiger partial charge in [-0.15, -0.1) is 0 Å². The Kier molecular flexibility index (Phi) is 3.68. The fraction of sp³-hybridized carbons (Fsp3) is 0.294. The first-order chi connectivity index (χ1) is 9.63. The van der Waals surface area contributed by atoms with Crippen molar-refractivity contribution in [2.75, 3.05) is 5.73 Å². The van der Waals surface area contributed by atoms with E-state index in [9.17, 15) is 0 Å². The number of hydrogen-bond donors (Lipinski definition) is 2. The second kappa shape index (κ2) is 5.47. The molecule has 3 N–H and O–H groups in total. The summed E-state index contributed by atoms with van der Waals surface area (Å²) in [6, 6.07) is 15.0. The van der Waals surface area contributed by atoms with Crippen LogP contribution in [0.15, 0.2) is 42.5 Å². The lowest BCUT2D eigenvalue weighted by Gasteiger charge is -2.21. The van der Waals surface area contributed by atoms with Gasteiger partial charge in [-0.25, -0.2) is 0 Å². The quantitative estimate of drug-likeness (QED) is 0.828. The first-order valence-corrected chi connectivity index (χ1v) is 7.41. The number of hydrogen-bond acceptors (Lipinski definition) is 2. The van der Waals surface area contributed by atoms with Gasteiger partial charge in [0.2, 0.25) is 0 Å². The van der Waals surface area contributed by atoms with E-state index in [1.807, 2.05) is 18.2 Å². The summed E-state index contributed by atoms with van der Waals surface area (Å²) in [5.74, 6) is 0. The van der Waals surface area contributed by atoms with Crippen molar-refractivity contribution < 1.29 is 0 Å². The maximum absolute atomic E-state index is 5.94. The number of rotatable bonds is 3. The lowest BCUT2D eigenvalue weighted by molar-refractivity contribution is 0.465. The first kappa shape index (κ1) is 13.5. The van der Waals surface area contributed by atoms with Crippen molar-refractivity contribution in [2.45, 2.75) is 31.8 Å². The van der Waals surface area contributed by atoms with Crippen molar-refractivity contribution >= 4 is 17.3 Å². The van der Waals surface area contributed by atoms with Crippen molar-refractivity contribution in [2.24, 2.45) is 0 Å². The van der Waals surface area contributed by atoms with Gasteiger partial charge in [0.1, 0.15) is 0 Å². The summed E-state index contributed by atoms with van der Waals surface area (Å²) >= 11 is 5.94.